The van der Waals surface area contributed by atoms with Gasteiger partial charge in [0.15, 0.2) is 0 Å². The molecule has 0 aromatic carbocycles. The molecule has 2 heterocycles. The third kappa shape index (κ3) is 2.59. The summed E-state index contributed by atoms with van der Waals surface area (Å²) in [5.41, 5.74) is 1.09. The van der Waals surface area contributed by atoms with Crippen LogP contribution in [-0.4, -0.2) is 30.8 Å². The van der Waals surface area contributed by atoms with E-state index in [1.54, 1.807) is 13.2 Å². The van der Waals surface area contributed by atoms with Crippen molar-refractivity contribution in [2.75, 3.05) is 7.11 Å². The van der Waals surface area contributed by atoms with Crippen LogP contribution in [0.4, 0.5) is 0 Å². The van der Waals surface area contributed by atoms with Crippen LogP contribution in [0.15, 0.2) is 11.8 Å². The second-order valence-electron chi connectivity index (χ2n) is 5.83. The summed E-state index contributed by atoms with van der Waals surface area (Å²) in [7, 11) is 1.36. The normalized spacial score (nSPS) is 35.2. The molecular weight excluding hydrogens is 260 g/mol. The monoisotopic (exact) mass is 282 g/mol. The number of carbonyl (C=O) groups is 2. The van der Waals surface area contributed by atoms with Crippen LogP contribution in [0.25, 0.3) is 0 Å². The predicted molar refractivity (Wildman–Crippen MR) is 71.6 cm³/mol. The fourth-order valence-electron chi connectivity index (χ4n) is 2.85. The van der Waals surface area contributed by atoms with E-state index in [-0.39, 0.29) is 23.8 Å². The molecule has 20 heavy (non-hydrogen) atoms. The van der Waals surface area contributed by atoms with Gasteiger partial charge in [0, 0.05) is 12.8 Å². The highest BCUT2D eigenvalue weighted by molar-refractivity contribution is 5.87. The average molecular weight is 282 g/mol. The Morgan fingerprint density at radius 3 is 2.80 bits per heavy atom. The summed E-state index contributed by atoms with van der Waals surface area (Å²) in [6.07, 6.45) is 2.85. The molecule has 1 spiro atoms. The van der Waals surface area contributed by atoms with Gasteiger partial charge in [0.25, 0.3) is 5.79 Å². The number of Topliss-reactive ketones (excluding diaryl/α,β-unsaturated/α-hetero) is 1. The Labute approximate surface area is 119 Å². The van der Waals surface area contributed by atoms with Crippen LogP contribution in [0.1, 0.15) is 40.0 Å². The van der Waals surface area contributed by atoms with Crippen molar-refractivity contribution in [3.8, 4) is 0 Å². The van der Waals surface area contributed by atoms with Crippen molar-refractivity contribution in [3.05, 3.63) is 11.8 Å². The third-order valence-corrected chi connectivity index (χ3v) is 4.18. The maximum atomic E-state index is 12.3. The largest absolute Gasteiger partial charge is 0.469 e. The molecule has 0 saturated carbocycles. The Morgan fingerprint density at radius 1 is 1.55 bits per heavy atom. The molecule has 5 heteroatoms. The SMILES string of the molecule is COC(=O)[C@H](C)[C@H]1O[C@]2(CCC(C)=CO2)C(=O)C[C@@H]1C. The Balaban J connectivity index is 2.20. The molecule has 112 valence electrons. The van der Waals surface area contributed by atoms with Crippen LogP contribution in [0.5, 0.6) is 0 Å². The molecule has 0 bridgehead atoms. The zero-order chi connectivity index (χ0) is 14.9. The molecule has 2 aliphatic rings. The standard InChI is InChI=1S/C15H22O5/c1-9-5-6-15(19-8-9)12(16)7-10(2)13(20-15)11(3)14(17)18-4/h8,10-11,13H,5-7H2,1-4H3/t10-,11+,13-,15+/m0/s1. The van der Waals surface area contributed by atoms with Crippen LogP contribution in [0.3, 0.4) is 0 Å². The van der Waals surface area contributed by atoms with Crippen LogP contribution in [0, 0.1) is 11.8 Å². The van der Waals surface area contributed by atoms with Gasteiger partial charge in [-0.05, 0) is 31.8 Å². The van der Waals surface area contributed by atoms with Crippen molar-refractivity contribution in [2.45, 2.75) is 51.9 Å². The zero-order valence-corrected chi connectivity index (χ0v) is 12.5. The summed E-state index contributed by atoms with van der Waals surface area (Å²) in [5.74, 6) is -2.02. The highest BCUT2D eigenvalue weighted by Gasteiger charge is 2.51. The quantitative estimate of drug-likeness (QED) is 0.727. The van der Waals surface area contributed by atoms with Gasteiger partial charge in [-0.25, -0.2) is 0 Å². The van der Waals surface area contributed by atoms with Crippen molar-refractivity contribution in [1.82, 2.24) is 0 Å². The Bertz CT molecular complexity index is 442. The number of carbonyl (C=O) groups excluding carboxylic acids is 2. The van der Waals surface area contributed by atoms with Crippen LogP contribution in [-0.2, 0) is 23.8 Å². The van der Waals surface area contributed by atoms with E-state index in [0.29, 0.717) is 12.8 Å². The number of rotatable bonds is 2. The van der Waals surface area contributed by atoms with E-state index in [4.69, 9.17) is 14.2 Å². The van der Waals surface area contributed by atoms with Gasteiger partial charge >= 0.3 is 5.97 Å². The lowest BCUT2D eigenvalue weighted by atomic mass is 9.82. The maximum absolute atomic E-state index is 12.3. The summed E-state index contributed by atoms with van der Waals surface area (Å²) >= 11 is 0. The van der Waals surface area contributed by atoms with Crippen molar-refractivity contribution < 1.29 is 23.8 Å². The molecule has 4 atom stereocenters. The molecule has 0 aliphatic carbocycles. The van der Waals surface area contributed by atoms with E-state index in [1.807, 2.05) is 13.8 Å². The molecule has 0 N–H and O–H groups in total. The average Bonchev–Trinajstić information content (AvgIpc) is 2.44. The summed E-state index contributed by atoms with van der Waals surface area (Å²) < 4.78 is 16.3. The minimum absolute atomic E-state index is 0.0298. The number of esters is 1. The van der Waals surface area contributed by atoms with Gasteiger partial charge in [0.05, 0.1) is 25.4 Å². The lowest BCUT2D eigenvalue weighted by Gasteiger charge is -2.44. The van der Waals surface area contributed by atoms with Gasteiger partial charge in [-0.3, -0.25) is 9.59 Å². The molecule has 1 saturated heterocycles. The van der Waals surface area contributed by atoms with Crippen LogP contribution in [0.2, 0.25) is 0 Å². The number of allylic oxidation sites excluding steroid dienone is 1. The predicted octanol–water partition coefficient (Wildman–Crippen LogP) is 2.20. The van der Waals surface area contributed by atoms with E-state index >= 15 is 0 Å². The van der Waals surface area contributed by atoms with E-state index in [1.165, 1.54) is 7.11 Å². The topological polar surface area (TPSA) is 61.8 Å². The summed E-state index contributed by atoms with van der Waals surface area (Å²) in [6.45, 7) is 5.64. The lowest BCUT2D eigenvalue weighted by Crippen LogP contribution is -2.55. The first kappa shape index (κ1) is 15.0. The number of ketones is 1. The van der Waals surface area contributed by atoms with E-state index in [9.17, 15) is 9.59 Å². The van der Waals surface area contributed by atoms with Gasteiger partial charge in [-0.2, -0.15) is 0 Å². The number of ether oxygens (including phenoxy) is 3. The number of methoxy groups -OCH3 is 1. The zero-order valence-electron chi connectivity index (χ0n) is 12.5. The summed E-state index contributed by atoms with van der Waals surface area (Å²) in [6, 6.07) is 0. The molecule has 0 aromatic heterocycles. The highest BCUT2D eigenvalue weighted by Crippen LogP contribution is 2.40. The Hall–Kier alpha value is -1.36. The molecule has 2 aliphatic heterocycles. The third-order valence-electron chi connectivity index (χ3n) is 4.18. The minimum Gasteiger partial charge on any atom is -0.469 e. The molecule has 1 fully saturated rings. The number of hydrogen-bond acceptors (Lipinski definition) is 5. The van der Waals surface area contributed by atoms with E-state index in [0.717, 1.165) is 12.0 Å². The minimum atomic E-state index is -1.21. The molecule has 5 nitrogen and oxygen atoms in total. The first-order chi connectivity index (χ1) is 9.39. The Kier molecular flexibility index (Phi) is 4.18. The second-order valence-corrected chi connectivity index (χ2v) is 5.83. The molecular formula is C15H22O5. The van der Waals surface area contributed by atoms with Crippen molar-refractivity contribution >= 4 is 11.8 Å². The fourth-order valence-corrected chi connectivity index (χ4v) is 2.85. The maximum Gasteiger partial charge on any atom is 0.311 e. The van der Waals surface area contributed by atoms with Crippen LogP contribution >= 0.6 is 0 Å². The lowest BCUT2D eigenvalue weighted by molar-refractivity contribution is -0.262. The molecule has 0 radical (unpaired) electrons. The van der Waals surface area contributed by atoms with E-state index < -0.39 is 11.7 Å². The number of hydrogen-bond donors (Lipinski definition) is 0. The van der Waals surface area contributed by atoms with Crippen molar-refractivity contribution in [1.29, 1.82) is 0 Å². The molecule has 0 amide bonds. The van der Waals surface area contributed by atoms with E-state index in [2.05, 4.69) is 0 Å². The first-order valence-electron chi connectivity index (χ1n) is 7.02. The van der Waals surface area contributed by atoms with Crippen LogP contribution < -0.4 is 0 Å². The molecule has 0 aromatic rings. The van der Waals surface area contributed by atoms with Crippen molar-refractivity contribution in [2.24, 2.45) is 11.8 Å². The summed E-state index contributed by atoms with van der Waals surface area (Å²) in [5, 5.41) is 0. The molecule has 0 unspecified atom stereocenters. The van der Waals surface area contributed by atoms with Gasteiger partial charge in [-0.1, -0.05) is 6.92 Å². The first-order valence-corrected chi connectivity index (χ1v) is 7.02. The Morgan fingerprint density at radius 2 is 2.25 bits per heavy atom. The van der Waals surface area contributed by atoms with Crippen molar-refractivity contribution in [3.63, 3.8) is 0 Å². The second kappa shape index (κ2) is 5.56. The molecule has 2 rings (SSSR count). The smallest absolute Gasteiger partial charge is 0.311 e. The van der Waals surface area contributed by atoms with Gasteiger partial charge in [0.2, 0.25) is 5.78 Å². The van der Waals surface area contributed by atoms with Gasteiger partial charge < -0.3 is 14.2 Å². The summed E-state index contributed by atoms with van der Waals surface area (Å²) in [4.78, 5) is 24.0. The van der Waals surface area contributed by atoms with Gasteiger partial charge in [-0.15, -0.1) is 0 Å². The van der Waals surface area contributed by atoms with Gasteiger partial charge in [0.1, 0.15) is 0 Å². The highest BCUT2D eigenvalue weighted by atomic mass is 16.7. The fraction of sp³-hybridized carbons (Fsp3) is 0.733.